The first-order valence-electron chi connectivity index (χ1n) is 5.39. The number of alkyl halides is 4. The highest BCUT2D eigenvalue weighted by Gasteiger charge is 2.36. The lowest BCUT2D eigenvalue weighted by molar-refractivity contribution is -0.140. The summed E-state index contributed by atoms with van der Waals surface area (Å²) in [6.07, 6.45) is -4.83. The van der Waals surface area contributed by atoms with Crippen LogP contribution >= 0.6 is 11.6 Å². The molecule has 0 fully saturated rings. The van der Waals surface area contributed by atoms with Crippen LogP contribution in [0.25, 0.3) is 0 Å². The fourth-order valence-corrected chi connectivity index (χ4v) is 1.79. The van der Waals surface area contributed by atoms with E-state index in [0.717, 1.165) is 17.0 Å². The number of nitrogens with zero attached hydrogens (tertiary/aromatic N) is 1. The number of amides is 1. The number of benzene rings is 1. The Morgan fingerprint density at radius 2 is 2.00 bits per heavy atom. The van der Waals surface area contributed by atoms with E-state index in [1.807, 2.05) is 0 Å². The molecule has 0 aliphatic heterocycles. The van der Waals surface area contributed by atoms with E-state index in [4.69, 9.17) is 11.6 Å². The number of carbonyl (C=O) groups is 1. The Morgan fingerprint density at radius 3 is 2.47 bits per heavy atom. The van der Waals surface area contributed by atoms with Gasteiger partial charge in [-0.25, -0.2) is 4.39 Å². The Morgan fingerprint density at radius 1 is 1.42 bits per heavy atom. The molecule has 0 spiro atoms. The van der Waals surface area contributed by atoms with Crippen LogP contribution in [0.4, 0.5) is 17.6 Å². The summed E-state index contributed by atoms with van der Waals surface area (Å²) in [4.78, 5) is 12.9. The topological polar surface area (TPSA) is 20.3 Å². The summed E-state index contributed by atoms with van der Waals surface area (Å²) in [6, 6.07) is 2.61. The van der Waals surface area contributed by atoms with Crippen molar-refractivity contribution in [1.29, 1.82) is 0 Å². The van der Waals surface area contributed by atoms with Gasteiger partial charge in [0, 0.05) is 19.0 Å². The highest BCUT2D eigenvalue weighted by molar-refractivity contribution is 6.20. The first-order valence-corrected chi connectivity index (χ1v) is 5.83. The van der Waals surface area contributed by atoms with Gasteiger partial charge in [0.05, 0.1) is 11.1 Å². The summed E-state index contributed by atoms with van der Waals surface area (Å²) in [6.45, 7) is 1.73. The van der Waals surface area contributed by atoms with E-state index in [0.29, 0.717) is 6.07 Å². The molecule has 1 amide bonds. The minimum atomic E-state index is -4.83. The number of hydrogen-bond acceptors (Lipinski definition) is 1. The third-order valence-corrected chi connectivity index (χ3v) is 2.54. The van der Waals surface area contributed by atoms with Crippen molar-refractivity contribution >= 4 is 17.5 Å². The van der Waals surface area contributed by atoms with Gasteiger partial charge in [0.25, 0.3) is 5.91 Å². The highest BCUT2D eigenvalue weighted by Crippen LogP contribution is 2.32. The average molecular weight is 298 g/mol. The predicted octanol–water partition coefficient (Wildman–Crippen LogP) is 3.54. The molecule has 1 aromatic carbocycles. The lowest BCUT2D eigenvalue weighted by Gasteiger charge is -2.19. The average Bonchev–Trinajstić information content (AvgIpc) is 2.25. The molecule has 7 heteroatoms. The van der Waals surface area contributed by atoms with Gasteiger partial charge in [0.1, 0.15) is 5.82 Å². The summed E-state index contributed by atoms with van der Waals surface area (Å²) in [5.41, 5.74) is -2.07. The van der Waals surface area contributed by atoms with Crippen molar-refractivity contribution in [2.24, 2.45) is 0 Å². The quantitative estimate of drug-likeness (QED) is 0.617. The van der Waals surface area contributed by atoms with E-state index >= 15 is 0 Å². The largest absolute Gasteiger partial charge is 0.419 e. The van der Waals surface area contributed by atoms with Gasteiger partial charge in [-0.2, -0.15) is 13.2 Å². The Hall–Kier alpha value is -1.30. The van der Waals surface area contributed by atoms with E-state index < -0.39 is 29.0 Å². The van der Waals surface area contributed by atoms with Crippen LogP contribution in [-0.4, -0.2) is 29.8 Å². The molecule has 0 saturated heterocycles. The van der Waals surface area contributed by atoms with Gasteiger partial charge in [-0.1, -0.05) is 6.07 Å². The van der Waals surface area contributed by atoms with Crippen molar-refractivity contribution in [2.75, 3.05) is 13.6 Å². The molecule has 19 heavy (non-hydrogen) atoms. The summed E-state index contributed by atoms with van der Waals surface area (Å²) < 4.78 is 51.3. The van der Waals surface area contributed by atoms with E-state index in [9.17, 15) is 22.4 Å². The molecule has 1 unspecified atom stereocenters. The molecule has 0 saturated carbocycles. The molecule has 0 aliphatic rings. The van der Waals surface area contributed by atoms with Gasteiger partial charge >= 0.3 is 6.18 Å². The highest BCUT2D eigenvalue weighted by atomic mass is 35.5. The summed E-state index contributed by atoms with van der Waals surface area (Å²) in [5.74, 6) is -2.40. The van der Waals surface area contributed by atoms with Crippen molar-refractivity contribution in [3.8, 4) is 0 Å². The lowest BCUT2D eigenvalue weighted by Crippen LogP contribution is -2.32. The van der Waals surface area contributed by atoms with E-state index in [1.165, 1.54) is 7.05 Å². The standard InChI is InChI=1S/C12H12ClF4NO/c1-7(13)6-18(2)11(19)8-4-3-5-9(10(8)14)12(15,16)17/h3-5,7H,6H2,1-2H3. The number of halogens is 5. The van der Waals surface area contributed by atoms with Crippen LogP contribution in [0.2, 0.25) is 0 Å². The summed E-state index contributed by atoms with van der Waals surface area (Å²) in [5, 5.41) is -0.386. The van der Waals surface area contributed by atoms with Crippen LogP contribution in [0.15, 0.2) is 18.2 Å². The zero-order chi connectivity index (χ0) is 14.8. The molecule has 0 radical (unpaired) electrons. The second-order valence-corrected chi connectivity index (χ2v) is 4.88. The molecule has 0 bridgehead atoms. The molecule has 1 rings (SSSR count). The van der Waals surface area contributed by atoms with Gasteiger partial charge in [-0.3, -0.25) is 4.79 Å². The monoisotopic (exact) mass is 297 g/mol. The van der Waals surface area contributed by atoms with Crippen molar-refractivity contribution in [3.05, 3.63) is 35.1 Å². The first-order chi connectivity index (χ1) is 8.64. The molecular weight excluding hydrogens is 286 g/mol. The Balaban J connectivity index is 3.12. The van der Waals surface area contributed by atoms with Crippen LogP contribution < -0.4 is 0 Å². The Labute approximate surface area is 113 Å². The van der Waals surface area contributed by atoms with Crippen LogP contribution in [0.3, 0.4) is 0 Å². The summed E-state index contributed by atoms with van der Waals surface area (Å²) in [7, 11) is 1.35. The maximum Gasteiger partial charge on any atom is 0.419 e. The van der Waals surface area contributed by atoms with Crippen LogP contribution in [-0.2, 0) is 6.18 Å². The van der Waals surface area contributed by atoms with E-state index in [-0.39, 0.29) is 11.9 Å². The summed E-state index contributed by atoms with van der Waals surface area (Å²) >= 11 is 5.68. The third kappa shape index (κ3) is 3.83. The zero-order valence-electron chi connectivity index (χ0n) is 10.3. The molecule has 0 heterocycles. The van der Waals surface area contributed by atoms with Crippen molar-refractivity contribution < 1.29 is 22.4 Å². The minimum absolute atomic E-state index is 0.107. The molecule has 0 aliphatic carbocycles. The van der Waals surface area contributed by atoms with Gasteiger partial charge in [0.15, 0.2) is 0 Å². The molecule has 1 atom stereocenters. The van der Waals surface area contributed by atoms with Crippen LogP contribution in [0.5, 0.6) is 0 Å². The zero-order valence-corrected chi connectivity index (χ0v) is 11.0. The van der Waals surface area contributed by atoms with Gasteiger partial charge < -0.3 is 4.90 Å². The lowest BCUT2D eigenvalue weighted by atomic mass is 10.1. The SMILES string of the molecule is CC(Cl)CN(C)C(=O)c1cccc(C(F)(F)F)c1F. The van der Waals surface area contributed by atoms with Gasteiger partial charge in [-0.05, 0) is 19.1 Å². The third-order valence-electron chi connectivity index (χ3n) is 2.41. The molecule has 1 aromatic rings. The number of hydrogen-bond donors (Lipinski definition) is 0. The second-order valence-electron chi connectivity index (χ2n) is 4.13. The van der Waals surface area contributed by atoms with Gasteiger partial charge in [-0.15, -0.1) is 11.6 Å². The second kappa shape index (κ2) is 5.77. The number of carbonyl (C=O) groups excluding carboxylic acids is 1. The molecule has 0 N–H and O–H groups in total. The molecule has 2 nitrogen and oxygen atoms in total. The van der Waals surface area contributed by atoms with Crippen LogP contribution in [0.1, 0.15) is 22.8 Å². The van der Waals surface area contributed by atoms with E-state index in [1.54, 1.807) is 6.92 Å². The maximum atomic E-state index is 13.7. The molecule has 0 aromatic heterocycles. The normalized spacial score (nSPS) is 13.2. The first kappa shape index (κ1) is 15.8. The van der Waals surface area contributed by atoms with E-state index in [2.05, 4.69) is 0 Å². The smallest absolute Gasteiger partial charge is 0.340 e. The van der Waals surface area contributed by atoms with Crippen molar-refractivity contribution in [2.45, 2.75) is 18.5 Å². The Kier molecular flexibility index (Phi) is 4.79. The molecular formula is C12H12ClF4NO. The fourth-order valence-electron chi connectivity index (χ4n) is 1.58. The van der Waals surface area contributed by atoms with Crippen molar-refractivity contribution in [3.63, 3.8) is 0 Å². The minimum Gasteiger partial charge on any atom is -0.340 e. The van der Waals surface area contributed by atoms with Crippen molar-refractivity contribution in [1.82, 2.24) is 4.90 Å². The Bertz CT molecular complexity index is 473. The molecule has 106 valence electrons. The predicted molar refractivity (Wildman–Crippen MR) is 63.7 cm³/mol. The fraction of sp³-hybridized carbons (Fsp3) is 0.417. The van der Waals surface area contributed by atoms with Crippen LogP contribution in [0, 0.1) is 5.82 Å². The van der Waals surface area contributed by atoms with Gasteiger partial charge in [0.2, 0.25) is 0 Å². The number of rotatable bonds is 3. The maximum absolute atomic E-state index is 13.7.